The smallest absolute Gasteiger partial charge is 0.277 e. The molecule has 0 saturated carbocycles. The van der Waals surface area contributed by atoms with Gasteiger partial charge in [-0.25, -0.2) is 9.97 Å². The SMILES string of the molecule is CCn1c(=O)c2c(-c3ccccc3)nc(-c3cccc(-c4nc(-c5ccccc5)c5c(=O)n(CC)c6ccccc6n45)c3)n2c2ccccc21. The van der Waals surface area contributed by atoms with Crippen molar-refractivity contribution in [3.63, 3.8) is 0 Å². The van der Waals surface area contributed by atoms with Crippen molar-refractivity contribution in [2.75, 3.05) is 0 Å². The van der Waals surface area contributed by atoms with Crippen LogP contribution in [0.25, 0.3) is 78.4 Å². The largest absolute Gasteiger partial charge is 0.305 e. The highest BCUT2D eigenvalue weighted by molar-refractivity contribution is 5.91. The molecule has 0 amide bonds. The summed E-state index contributed by atoms with van der Waals surface area (Å²) in [7, 11) is 0. The van der Waals surface area contributed by atoms with Gasteiger partial charge in [-0.05, 0) is 44.2 Å². The summed E-state index contributed by atoms with van der Waals surface area (Å²) in [5.74, 6) is 1.30. The molecule has 50 heavy (non-hydrogen) atoms. The summed E-state index contributed by atoms with van der Waals surface area (Å²) in [4.78, 5) is 38.9. The van der Waals surface area contributed by atoms with Gasteiger partial charge in [0.2, 0.25) is 0 Å². The Hall–Kier alpha value is -6.54. The Kier molecular flexibility index (Phi) is 6.84. The zero-order chi connectivity index (χ0) is 33.9. The molecule has 9 rings (SSSR count). The summed E-state index contributed by atoms with van der Waals surface area (Å²) in [5, 5.41) is 0. The summed E-state index contributed by atoms with van der Waals surface area (Å²) in [6.45, 7) is 5.05. The predicted molar refractivity (Wildman–Crippen MR) is 201 cm³/mol. The number of rotatable bonds is 6. The minimum absolute atomic E-state index is 0.0922. The van der Waals surface area contributed by atoms with Crippen LogP contribution in [-0.2, 0) is 13.1 Å². The maximum absolute atomic E-state index is 14.3. The van der Waals surface area contributed by atoms with Gasteiger partial charge >= 0.3 is 0 Å². The molecular formula is C42H32N6O2. The van der Waals surface area contributed by atoms with Crippen LogP contribution in [0.5, 0.6) is 0 Å². The Bertz CT molecular complexity index is 2690. The molecule has 0 aliphatic heterocycles. The van der Waals surface area contributed by atoms with E-state index in [1.807, 2.05) is 159 Å². The fourth-order valence-corrected chi connectivity index (χ4v) is 7.35. The first-order valence-corrected chi connectivity index (χ1v) is 16.9. The molecule has 8 nitrogen and oxygen atoms in total. The summed E-state index contributed by atoms with van der Waals surface area (Å²) in [6.07, 6.45) is 0. The molecule has 4 aromatic heterocycles. The third kappa shape index (κ3) is 4.31. The Morgan fingerprint density at radius 2 is 0.800 bits per heavy atom. The maximum atomic E-state index is 14.3. The van der Waals surface area contributed by atoms with E-state index in [4.69, 9.17) is 9.97 Å². The molecule has 5 aromatic carbocycles. The fraction of sp³-hybridized carbons (Fsp3) is 0.0952. The average Bonchev–Trinajstić information content (AvgIpc) is 3.78. The second-order valence-electron chi connectivity index (χ2n) is 12.3. The molecule has 0 aliphatic rings. The Balaban J connectivity index is 1.37. The van der Waals surface area contributed by atoms with Gasteiger partial charge in [0.15, 0.2) is 0 Å². The Morgan fingerprint density at radius 3 is 1.20 bits per heavy atom. The number of hydrogen-bond acceptors (Lipinski definition) is 4. The third-order valence-electron chi connectivity index (χ3n) is 9.58. The molecule has 0 spiro atoms. The van der Waals surface area contributed by atoms with E-state index in [2.05, 4.69) is 6.07 Å². The first kappa shape index (κ1) is 29.6. The van der Waals surface area contributed by atoms with Crippen LogP contribution in [0.4, 0.5) is 0 Å². The summed E-state index contributed by atoms with van der Waals surface area (Å²) >= 11 is 0. The molecule has 0 N–H and O–H groups in total. The molecule has 8 heteroatoms. The average molecular weight is 653 g/mol. The number of nitrogens with zero attached hydrogens (tertiary/aromatic N) is 6. The summed E-state index contributed by atoms with van der Waals surface area (Å²) < 4.78 is 7.63. The topological polar surface area (TPSA) is 78.6 Å². The van der Waals surface area contributed by atoms with E-state index in [9.17, 15) is 9.59 Å². The lowest BCUT2D eigenvalue weighted by molar-refractivity contribution is 0.759. The predicted octanol–water partition coefficient (Wildman–Crippen LogP) is 8.32. The molecule has 0 unspecified atom stereocenters. The van der Waals surface area contributed by atoms with Crippen molar-refractivity contribution in [3.8, 4) is 45.3 Å². The van der Waals surface area contributed by atoms with E-state index in [-0.39, 0.29) is 11.1 Å². The van der Waals surface area contributed by atoms with E-state index in [0.717, 1.165) is 44.3 Å². The van der Waals surface area contributed by atoms with Crippen LogP contribution in [0.1, 0.15) is 13.8 Å². The number of aryl methyl sites for hydroxylation is 2. The summed E-state index contributed by atoms with van der Waals surface area (Å²) in [5.41, 5.74) is 8.98. The lowest BCUT2D eigenvalue weighted by Gasteiger charge is -2.13. The van der Waals surface area contributed by atoms with E-state index in [1.165, 1.54) is 0 Å². The Morgan fingerprint density at radius 1 is 0.440 bits per heavy atom. The minimum atomic E-state index is -0.0922. The van der Waals surface area contributed by atoms with Gasteiger partial charge in [0.25, 0.3) is 11.1 Å². The minimum Gasteiger partial charge on any atom is -0.305 e. The van der Waals surface area contributed by atoms with Crippen LogP contribution in [-0.4, -0.2) is 27.9 Å². The highest BCUT2D eigenvalue weighted by Gasteiger charge is 2.24. The van der Waals surface area contributed by atoms with Gasteiger partial charge in [0.05, 0.1) is 22.1 Å². The quantitative estimate of drug-likeness (QED) is 0.181. The van der Waals surface area contributed by atoms with Gasteiger partial charge in [0, 0.05) is 35.3 Å². The molecule has 0 fully saturated rings. The first-order chi connectivity index (χ1) is 24.6. The number of aromatic nitrogens is 6. The van der Waals surface area contributed by atoms with Gasteiger partial charge in [-0.2, -0.15) is 0 Å². The van der Waals surface area contributed by atoms with Crippen molar-refractivity contribution in [2.45, 2.75) is 26.9 Å². The highest BCUT2D eigenvalue weighted by atomic mass is 16.1. The molecule has 0 aliphatic carbocycles. The fourth-order valence-electron chi connectivity index (χ4n) is 7.35. The molecule has 0 radical (unpaired) electrons. The highest BCUT2D eigenvalue weighted by Crippen LogP contribution is 2.35. The van der Waals surface area contributed by atoms with Gasteiger partial charge in [-0.15, -0.1) is 0 Å². The molecular weight excluding hydrogens is 621 g/mol. The standard InChI is InChI=1S/C42H32N6O2/c1-3-45-31-22-11-13-24-33(31)47-37(41(45)49)35(27-16-7-5-8-17-27)43-39(47)29-20-15-21-30(26-29)40-44-36(28-18-9-6-10-19-28)38-42(50)46(4-2)32-23-12-14-25-34(32)48(38)40/h5-26H,3-4H2,1-2H3. The lowest BCUT2D eigenvalue weighted by atomic mass is 10.1. The van der Waals surface area contributed by atoms with Crippen LogP contribution in [0.15, 0.2) is 143 Å². The van der Waals surface area contributed by atoms with Crippen molar-refractivity contribution < 1.29 is 0 Å². The normalized spacial score (nSPS) is 11.7. The molecule has 0 bridgehead atoms. The third-order valence-corrected chi connectivity index (χ3v) is 9.58. The van der Waals surface area contributed by atoms with Crippen molar-refractivity contribution in [1.29, 1.82) is 0 Å². The Labute approximate surface area is 286 Å². The molecule has 242 valence electrons. The van der Waals surface area contributed by atoms with Crippen molar-refractivity contribution >= 4 is 33.1 Å². The zero-order valence-corrected chi connectivity index (χ0v) is 27.6. The van der Waals surface area contributed by atoms with Crippen LogP contribution in [0, 0.1) is 0 Å². The second kappa shape index (κ2) is 11.6. The number of benzene rings is 5. The monoisotopic (exact) mass is 652 g/mol. The van der Waals surface area contributed by atoms with Crippen molar-refractivity contribution in [3.05, 3.63) is 154 Å². The first-order valence-electron chi connectivity index (χ1n) is 16.9. The van der Waals surface area contributed by atoms with Gasteiger partial charge in [-0.3, -0.25) is 18.4 Å². The maximum Gasteiger partial charge on any atom is 0.277 e. The van der Waals surface area contributed by atoms with Gasteiger partial charge < -0.3 is 9.13 Å². The van der Waals surface area contributed by atoms with E-state index >= 15 is 0 Å². The number of hydrogen-bond donors (Lipinski definition) is 0. The van der Waals surface area contributed by atoms with E-state index in [1.54, 1.807) is 0 Å². The zero-order valence-electron chi connectivity index (χ0n) is 27.6. The van der Waals surface area contributed by atoms with Crippen LogP contribution < -0.4 is 11.1 Å². The van der Waals surface area contributed by atoms with Crippen LogP contribution in [0.3, 0.4) is 0 Å². The molecule has 9 aromatic rings. The second-order valence-corrected chi connectivity index (χ2v) is 12.3. The molecule has 0 saturated heterocycles. The van der Waals surface area contributed by atoms with Crippen LogP contribution >= 0.6 is 0 Å². The molecule has 4 heterocycles. The van der Waals surface area contributed by atoms with Gasteiger partial charge in [-0.1, -0.05) is 103 Å². The van der Waals surface area contributed by atoms with Crippen LogP contribution in [0.2, 0.25) is 0 Å². The van der Waals surface area contributed by atoms with Crippen molar-refractivity contribution in [2.24, 2.45) is 0 Å². The number of imidazole rings is 2. The lowest BCUT2D eigenvalue weighted by Crippen LogP contribution is -2.22. The number of fused-ring (bicyclic) bond motifs is 6. The molecule has 0 atom stereocenters. The number of para-hydroxylation sites is 4. The summed E-state index contributed by atoms with van der Waals surface area (Å²) in [6, 6.07) is 43.8. The van der Waals surface area contributed by atoms with Crippen molar-refractivity contribution in [1.82, 2.24) is 27.9 Å². The van der Waals surface area contributed by atoms with Gasteiger partial charge in [0.1, 0.15) is 34.1 Å². The van der Waals surface area contributed by atoms with E-state index in [0.29, 0.717) is 47.2 Å². The van der Waals surface area contributed by atoms with E-state index < -0.39 is 0 Å².